The molecule has 0 aliphatic rings. The molecule has 0 bridgehead atoms. The predicted molar refractivity (Wildman–Crippen MR) is 95.9 cm³/mol. The Morgan fingerprint density at radius 3 is 2.04 bits per heavy atom. The molecular weight excluding hydrogens is 298 g/mol. The second-order valence-electron chi connectivity index (χ2n) is 5.32. The van der Waals surface area contributed by atoms with Gasteiger partial charge in [-0.15, -0.1) is 0 Å². The molecule has 3 aromatic carbocycles. The Morgan fingerprint density at radius 1 is 0.792 bits per heavy atom. The highest BCUT2D eigenvalue weighted by molar-refractivity contribution is 6.44. The molecular formula is C21H17NO2. The lowest BCUT2D eigenvalue weighted by Gasteiger charge is -2.08. The Bertz CT molecular complexity index is 855. The SMILES string of the molecule is Cc1ccccc1N=C(C(=O)Oc1ccccc1)c1ccccc1. The number of hydrogen-bond acceptors (Lipinski definition) is 3. The molecule has 0 unspecified atom stereocenters. The van der Waals surface area contributed by atoms with Crippen LogP contribution in [0.3, 0.4) is 0 Å². The maximum atomic E-state index is 12.7. The number of carbonyl (C=O) groups excluding carboxylic acids is 1. The molecule has 0 amide bonds. The fraction of sp³-hybridized carbons (Fsp3) is 0.0476. The number of aliphatic imine (C=N–C) groups is 1. The quantitative estimate of drug-likeness (QED) is 0.397. The van der Waals surface area contributed by atoms with E-state index in [2.05, 4.69) is 4.99 Å². The van der Waals surface area contributed by atoms with Gasteiger partial charge >= 0.3 is 5.97 Å². The zero-order chi connectivity index (χ0) is 16.8. The highest BCUT2D eigenvalue weighted by Crippen LogP contribution is 2.20. The first-order chi connectivity index (χ1) is 11.7. The summed E-state index contributed by atoms with van der Waals surface area (Å²) in [6.45, 7) is 1.96. The van der Waals surface area contributed by atoms with E-state index in [4.69, 9.17) is 4.74 Å². The summed E-state index contributed by atoms with van der Waals surface area (Å²) in [4.78, 5) is 17.2. The van der Waals surface area contributed by atoms with Crippen molar-refractivity contribution in [1.82, 2.24) is 0 Å². The number of benzene rings is 3. The molecule has 0 aliphatic carbocycles. The molecule has 24 heavy (non-hydrogen) atoms. The van der Waals surface area contributed by atoms with Gasteiger partial charge in [0.05, 0.1) is 5.69 Å². The van der Waals surface area contributed by atoms with Gasteiger partial charge in [-0.1, -0.05) is 66.7 Å². The van der Waals surface area contributed by atoms with Gasteiger partial charge in [0, 0.05) is 5.56 Å². The summed E-state index contributed by atoms with van der Waals surface area (Å²) in [6, 6.07) is 26.0. The molecule has 118 valence electrons. The summed E-state index contributed by atoms with van der Waals surface area (Å²) in [7, 11) is 0. The number of aryl methyl sites for hydroxylation is 1. The second-order valence-corrected chi connectivity index (χ2v) is 5.32. The summed E-state index contributed by atoms with van der Waals surface area (Å²) in [5.74, 6) is 0.0200. The largest absolute Gasteiger partial charge is 0.422 e. The molecule has 0 saturated carbocycles. The van der Waals surface area contributed by atoms with Gasteiger partial charge in [-0.2, -0.15) is 0 Å². The molecule has 0 heterocycles. The van der Waals surface area contributed by atoms with Crippen LogP contribution in [-0.2, 0) is 4.79 Å². The second kappa shape index (κ2) is 7.38. The van der Waals surface area contributed by atoms with Crippen molar-refractivity contribution >= 4 is 17.4 Å². The van der Waals surface area contributed by atoms with Gasteiger partial charge in [0.25, 0.3) is 0 Å². The van der Waals surface area contributed by atoms with Crippen molar-refractivity contribution in [2.45, 2.75) is 6.92 Å². The van der Waals surface area contributed by atoms with Gasteiger partial charge in [-0.25, -0.2) is 9.79 Å². The van der Waals surface area contributed by atoms with Crippen LogP contribution in [0.4, 0.5) is 5.69 Å². The zero-order valence-electron chi connectivity index (χ0n) is 13.3. The van der Waals surface area contributed by atoms with Crippen molar-refractivity contribution < 1.29 is 9.53 Å². The fourth-order valence-corrected chi connectivity index (χ4v) is 2.28. The highest BCUT2D eigenvalue weighted by Gasteiger charge is 2.17. The minimum atomic E-state index is -0.476. The van der Waals surface area contributed by atoms with Crippen LogP contribution in [-0.4, -0.2) is 11.7 Å². The van der Waals surface area contributed by atoms with Crippen LogP contribution in [0.5, 0.6) is 5.75 Å². The third kappa shape index (κ3) is 3.76. The van der Waals surface area contributed by atoms with E-state index in [9.17, 15) is 4.79 Å². The van der Waals surface area contributed by atoms with Crippen molar-refractivity contribution in [2.75, 3.05) is 0 Å². The maximum Gasteiger partial charge on any atom is 0.362 e. The van der Waals surface area contributed by atoms with Gasteiger partial charge in [-0.05, 0) is 30.7 Å². The lowest BCUT2D eigenvalue weighted by atomic mass is 10.1. The molecule has 3 rings (SSSR count). The number of ether oxygens (including phenoxy) is 1. The molecule has 0 N–H and O–H groups in total. The Morgan fingerprint density at radius 2 is 1.38 bits per heavy atom. The van der Waals surface area contributed by atoms with Crippen LogP contribution < -0.4 is 4.74 Å². The molecule has 0 fully saturated rings. The molecule has 0 radical (unpaired) electrons. The van der Waals surface area contributed by atoms with E-state index in [0.29, 0.717) is 5.75 Å². The van der Waals surface area contributed by atoms with E-state index >= 15 is 0 Å². The van der Waals surface area contributed by atoms with Crippen LogP contribution in [0.25, 0.3) is 0 Å². The van der Waals surface area contributed by atoms with Crippen LogP contribution in [0.2, 0.25) is 0 Å². The van der Waals surface area contributed by atoms with E-state index in [-0.39, 0.29) is 5.71 Å². The highest BCUT2D eigenvalue weighted by atomic mass is 16.5. The van der Waals surface area contributed by atoms with Gasteiger partial charge in [0.15, 0.2) is 5.71 Å². The summed E-state index contributed by atoms with van der Waals surface area (Å²) >= 11 is 0. The minimum absolute atomic E-state index is 0.286. The van der Waals surface area contributed by atoms with Crippen molar-refractivity contribution in [3.05, 3.63) is 96.1 Å². The first-order valence-corrected chi connectivity index (χ1v) is 7.71. The van der Waals surface area contributed by atoms with Gasteiger partial charge in [0.2, 0.25) is 0 Å². The maximum absolute atomic E-state index is 12.7. The number of hydrogen-bond donors (Lipinski definition) is 0. The van der Waals surface area contributed by atoms with E-state index in [1.807, 2.05) is 79.7 Å². The molecule has 0 aromatic heterocycles. The van der Waals surface area contributed by atoms with Gasteiger partial charge < -0.3 is 4.74 Å². The fourth-order valence-electron chi connectivity index (χ4n) is 2.28. The molecule has 0 atom stereocenters. The smallest absolute Gasteiger partial charge is 0.362 e. The monoisotopic (exact) mass is 315 g/mol. The Hall–Kier alpha value is -3.20. The standard InChI is InChI=1S/C21H17NO2/c1-16-10-8-9-15-19(16)22-20(17-11-4-2-5-12-17)21(23)24-18-13-6-3-7-14-18/h2-15H,1H3. The van der Waals surface area contributed by atoms with E-state index in [1.165, 1.54) is 0 Å². The van der Waals surface area contributed by atoms with Crippen molar-refractivity contribution in [3.8, 4) is 5.75 Å². The van der Waals surface area contributed by atoms with Crippen molar-refractivity contribution in [2.24, 2.45) is 4.99 Å². The number of carbonyl (C=O) groups is 1. The summed E-state index contributed by atoms with van der Waals surface area (Å²) in [5.41, 5.74) is 2.76. The Balaban J connectivity index is 2.00. The Labute approximate surface area is 141 Å². The van der Waals surface area contributed by atoms with Crippen LogP contribution in [0.15, 0.2) is 89.9 Å². The number of nitrogens with zero attached hydrogens (tertiary/aromatic N) is 1. The van der Waals surface area contributed by atoms with Crippen LogP contribution in [0, 0.1) is 6.92 Å². The van der Waals surface area contributed by atoms with E-state index in [1.54, 1.807) is 12.1 Å². The third-order valence-electron chi connectivity index (χ3n) is 3.54. The molecule has 0 spiro atoms. The average molecular weight is 315 g/mol. The lowest BCUT2D eigenvalue weighted by Crippen LogP contribution is -2.21. The van der Waals surface area contributed by atoms with Crippen molar-refractivity contribution in [3.63, 3.8) is 0 Å². The first kappa shape index (κ1) is 15.7. The van der Waals surface area contributed by atoms with E-state index in [0.717, 1.165) is 16.8 Å². The molecule has 0 aliphatic heterocycles. The normalized spacial score (nSPS) is 11.1. The Kier molecular flexibility index (Phi) is 4.82. The minimum Gasteiger partial charge on any atom is -0.422 e. The predicted octanol–water partition coefficient (Wildman–Crippen LogP) is 4.72. The topological polar surface area (TPSA) is 38.7 Å². The molecule has 0 saturated heterocycles. The molecule has 3 heteroatoms. The number of esters is 1. The molecule has 3 aromatic rings. The average Bonchev–Trinajstić information content (AvgIpc) is 2.62. The summed E-state index contributed by atoms with van der Waals surface area (Å²) in [6.07, 6.45) is 0. The van der Waals surface area contributed by atoms with Crippen LogP contribution in [0.1, 0.15) is 11.1 Å². The van der Waals surface area contributed by atoms with Crippen molar-refractivity contribution in [1.29, 1.82) is 0 Å². The first-order valence-electron chi connectivity index (χ1n) is 7.71. The molecule has 3 nitrogen and oxygen atoms in total. The third-order valence-corrected chi connectivity index (χ3v) is 3.54. The van der Waals surface area contributed by atoms with Gasteiger partial charge in [0.1, 0.15) is 5.75 Å². The summed E-state index contributed by atoms with van der Waals surface area (Å²) < 4.78 is 5.47. The van der Waals surface area contributed by atoms with E-state index < -0.39 is 5.97 Å². The number of para-hydroxylation sites is 2. The van der Waals surface area contributed by atoms with Crippen LogP contribution >= 0.6 is 0 Å². The lowest BCUT2D eigenvalue weighted by molar-refractivity contribution is -0.126. The zero-order valence-corrected chi connectivity index (χ0v) is 13.3. The van der Waals surface area contributed by atoms with Gasteiger partial charge in [-0.3, -0.25) is 0 Å². The summed E-state index contributed by atoms with van der Waals surface area (Å²) in [5, 5.41) is 0. The number of rotatable bonds is 4.